The van der Waals surface area contributed by atoms with Gasteiger partial charge in [0.25, 0.3) is 0 Å². The van der Waals surface area contributed by atoms with E-state index in [1.807, 2.05) is 30.4 Å². The van der Waals surface area contributed by atoms with Gasteiger partial charge in [-0.15, -0.1) is 0 Å². The fourth-order valence-electron chi connectivity index (χ4n) is 2.14. The quantitative estimate of drug-likeness (QED) is 0.661. The molecule has 0 aliphatic rings. The van der Waals surface area contributed by atoms with Gasteiger partial charge >= 0.3 is 0 Å². The minimum absolute atomic E-state index is 0.428. The van der Waals surface area contributed by atoms with E-state index in [9.17, 15) is 0 Å². The van der Waals surface area contributed by atoms with Gasteiger partial charge < -0.3 is 11.1 Å². The average Bonchev–Trinajstić information content (AvgIpc) is 2.43. The van der Waals surface area contributed by atoms with E-state index in [4.69, 9.17) is 5.73 Å². The van der Waals surface area contributed by atoms with Crippen LogP contribution in [0.2, 0.25) is 0 Å². The lowest BCUT2D eigenvalue weighted by Gasteiger charge is -2.07. The highest BCUT2D eigenvalue weighted by Gasteiger charge is 1.96. The Morgan fingerprint density at radius 1 is 1.10 bits per heavy atom. The third-order valence-corrected chi connectivity index (χ3v) is 2.97. The van der Waals surface area contributed by atoms with Gasteiger partial charge in [0.05, 0.1) is 6.54 Å². The Kier molecular flexibility index (Phi) is 5.16. The van der Waals surface area contributed by atoms with Crippen molar-refractivity contribution in [1.82, 2.24) is 0 Å². The minimum Gasteiger partial charge on any atom is -0.370 e. The zero-order valence-electron chi connectivity index (χ0n) is 12.5. The molecule has 0 radical (unpaired) electrons. The molecule has 0 aliphatic heterocycles. The first-order valence-electron chi connectivity index (χ1n) is 7.00. The van der Waals surface area contributed by atoms with Gasteiger partial charge in [-0.3, -0.25) is 0 Å². The van der Waals surface area contributed by atoms with E-state index in [0.29, 0.717) is 12.5 Å². The lowest BCUT2D eigenvalue weighted by Crippen LogP contribution is -2.22. The van der Waals surface area contributed by atoms with Crippen molar-refractivity contribution in [2.24, 2.45) is 10.7 Å². The average molecular weight is 279 g/mol. The summed E-state index contributed by atoms with van der Waals surface area (Å²) in [6, 6.07) is 16.4. The zero-order valence-corrected chi connectivity index (χ0v) is 12.5. The Morgan fingerprint density at radius 3 is 2.43 bits per heavy atom. The smallest absolute Gasteiger partial charge is 0.193 e. The highest BCUT2D eigenvalue weighted by atomic mass is 15.1. The molecule has 0 heterocycles. The Labute approximate surface area is 126 Å². The lowest BCUT2D eigenvalue weighted by molar-refractivity contribution is 1.23. The van der Waals surface area contributed by atoms with Crippen LogP contribution in [0.5, 0.6) is 0 Å². The number of benzene rings is 2. The first-order valence-corrected chi connectivity index (χ1v) is 7.00. The zero-order chi connectivity index (χ0) is 15.1. The van der Waals surface area contributed by atoms with Crippen molar-refractivity contribution in [3.63, 3.8) is 0 Å². The number of anilines is 1. The van der Waals surface area contributed by atoms with Crippen LogP contribution in [-0.2, 0) is 0 Å². The predicted molar refractivity (Wildman–Crippen MR) is 91.5 cm³/mol. The second-order valence-electron chi connectivity index (χ2n) is 5.04. The van der Waals surface area contributed by atoms with Gasteiger partial charge in [0.15, 0.2) is 5.96 Å². The van der Waals surface area contributed by atoms with Gasteiger partial charge in [0, 0.05) is 5.69 Å². The number of guanidine groups is 1. The molecule has 0 saturated carbocycles. The van der Waals surface area contributed by atoms with Gasteiger partial charge in [-0.1, -0.05) is 48.6 Å². The second kappa shape index (κ2) is 7.29. The summed E-state index contributed by atoms with van der Waals surface area (Å²) in [7, 11) is 0. The van der Waals surface area contributed by atoms with Gasteiger partial charge in [0.2, 0.25) is 0 Å². The van der Waals surface area contributed by atoms with Crippen molar-refractivity contribution >= 4 is 17.7 Å². The normalized spacial score (nSPS) is 11.8. The van der Waals surface area contributed by atoms with Crippen LogP contribution < -0.4 is 11.1 Å². The maximum Gasteiger partial charge on any atom is 0.193 e. The Morgan fingerprint density at radius 2 is 1.76 bits per heavy atom. The number of nitrogens with one attached hydrogen (secondary N) is 1. The van der Waals surface area contributed by atoms with E-state index in [2.05, 4.69) is 54.5 Å². The van der Waals surface area contributed by atoms with Crippen molar-refractivity contribution < 1.29 is 0 Å². The van der Waals surface area contributed by atoms with E-state index in [-0.39, 0.29) is 0 Å². The standard InChI is InChI=1S/C18H21N3/c1-14-11-15(2)13-17(12-14)21-18(19)20-10-6-9-16-7-4-3-5-8-16/h3-9,11-13H,10H2,1-2H3,(H3,19,20,21). The van der Waals surface area contributed by atoms with E-state index >= 15 is 0 Å². The molecular weight excluding hydrogens is 258 g/mol. The van der Waals surface area contributed by atoms with E-state index in [0.717, 1.165) is 11.3 Å². The van der Waals surface area contributed by atoms with Crippen LogP contribution in [0.25, 0.3) is 6.08 Å². The third-order valence-electron chi connectivity index (χ3n) is 2.97. The van der Waals surface area contributed by atoms with Crippen LogP contribution in [0.1, 0.15) is 16.7 Å². The van der Waals surface area contributed by atoms with E-state index in [1.54, 1.807) is 0 Å². The third kappa shape index (κ3) is 5.15. The maximum atomic E-state index is 5.89. The molecule has 0 spiro atoms. The fourth-order valence-corrected chi connectivity index (χ4v) is 2.14. The van der Waals surface area contributed by atoms with E-state index in [1.165, 1.54) is 11.1 Å². The molecule has 3 nitrogen and oxygen atoms in total. The largest absolute Gasteiger partial charge is 0.370 e. The first kappa shape index (κ1) is 14.9. The second-order valence-corrected chi connectivity index (χ2v) is 5.04. The first-order chi connectivity index (χ1) is 10.1. The summed E-state index contributed by atoms with van der Waals surface area (Å²) < 4.78 is 0. The van der Waals surface area contributed by atoms with Crippen LogP contribution in [-0.4, -0.2) is 12.5 Å². The molecular formula is C18H21N3. The Hall–Kier alpha value is -2.55. The summed E-state index contributed by atoms with van der Waals surface area (Å²) in [5.74, 6) is 0.428. The number of nitrogens with two attached hydrogens (primary N) is 1. The number of hydrogen-bond acceptors (Lipinski definition) is 1. The molecule has 3 N–H and O–H groups in total. The molecule has 21 heavy (non-hydrogen) atoms. The summed E-state index contributed by atoms with van der Waals surface area (Å²) in [6.07, 6.45) is 4.03. The number of hydrogen-bond donors (Lipinski definition) is 2. The van der Waals surface area contributed by atoms with Crippen molar-refractivity contribution in [2.45, 2.75) is 13.8 Å². The van der Waals surface area contributed by atoms with Gasteiger partial charge in [-0.25, -0.2) is 4.99 Å². The fraction of sp³-hybridized carbons (Fsp3) is 0.167. The SMILES string of the molecule is Cc1cc(C)cc(NC(N)=NCC=Cc2ccccc2)c1. The lowest BCUT2D eigenvalue weighted by atomic mass is 10.1. The summed E-state index contributed by atoms with van der Waals surface area (Å²) in [5, 5.41) is 3.12. The highest BCUT2D eigenvalue weighted by Crippen LogP contribution is 2.13. The van der Waals surface area contributed by atoms with Gasteiger partial charge in [-0.2, -0.15) is 0 Å². The predicted octanol–water partition coefficient (Wildman–Crippen LogP) is 3.74. The Balaban J connectivity index is 1.91. The Bertz CT molecular complexity index is 623. The van der Waals surface area contributed by atoms with Crippen LogP contribution in [0.15, 0.2) is 59.6 Å². The monoisotopic (exact) mass is 279 g/mol. The summed E-state index contributed by atoms with van der Waals surface area (Å²) >= 11 is 0. The molecule has 0 bridgehead atoms. The molecule has 2 rings (SSSR count). The molecule has 0 amide bonds. The molecule has 3 heteroatoms. The molecule has 108 valence electrons. The topological polar surface area (TPSA) is 50.4 Å². The van der Waals surface area contributed by atoms with Crippen LogP contribution in [0.3, 0.4) is 0 Å². The number of aliphatic imine (C=N–C) groups is 1. The van der Waals surface area contributed by atoms with Crippen molar-refractivity contribution in [3.8, 4) is 0 Å². The van der Waals surface area contributed by atoms with Crippen molar-refractivity contribution in [3.05, 3.63) is 71.3 Å². The molecule has 0 aromatic heterocycles. The van der Waals surface area contributed by atoms with Crippen LogP contribution >= 0.6 is 0 Å². The van der Waals surface area contributed by atoms with E-state index < -0.39 is 0 Å². The van der Waals surface area contributed by atoms with Crippen molar-refractivity contribution in [2.75, 3.05) is 11.9 Å². The highest BCUT2D eigenvalue weighted by molar-refractivity contribution is 5.92. The summed E-state index contributed by atoms with van der Waals surface area (Å²) in [6.45, 7) is 4.68. The number of aryl methyl sites for hydroxylation is 2. The molecule has 0 atom stereocenters. The van der Waals surface area contributed by atoms with Crippen LogP contribution in [0, 0.1) is 13.8 Å². The molecule has 0 unspecified atom stereocenters. The van der Waals surface area contributed by atoms with Gasteiger partial charge in [0.1, 0.15) is 0 Å². The van der Waals surface area contributed by atoms with Crippen molar-refractivity contribution in [1.29, 1.82) is 0 Å². The molecule has 2 aromatic rings. The molecule has 0 saturated heterocycles. The minimum atomic E-state index is 0.428. The number of nitrogens with zero attached hydrogens (tertiary/aromatic N) is 1. The van der Waals surface area contributed by atoms with Gasteiger partial charge in [-0.05, 0) is 42.7 Å². The molecule has 2 aromatic carbocycles. The maximum absolute atomic E-state index is 5.89. The van der Waals surface area contributed by atoms with Crippen LogP contribution in [0.4, 0.5) is 5.69 Å². The summed E-state index contributed by atoms with van der Waals surface area (Å²) in [4.78, 5) is 4.29. The summed E-state index contributed by atoms with van der Waals surface area (Å²) in [5.41, 5.74) is 10.4. The molecule has 0 fully saturated rings. The molecule has 0 aliphatic carbocycles. The number of rotatable bonds is 4.